The summed E-state index contributed by atoms with van der Waals surface area (Å²) in [7, 11) is 0. The van der Waals surface area contributed by atoms with Crippen LogP contribution < -0.4 is 0 Å². The van der Waals surface area contributed by atoms with E-state index in [2.05, 4.69) is 5.16 Å². The highest BCUT2D eigenvalue weighted by Crippen LogP contribution is 2.57. The summed E-state index contributed by atoms with van der Waals surface area (Å²) in [5, 5.41) is 5.48. The minimum atomic E-state index is -0.926. The van der Waals surface area contributed by atoms with E-state index in [1.165, 1.54) is 18.7 Å². The van der Waals surface area contributed by atoms with Crippen LogP contribution in [0, 0.1) is 12.3 Å². The number of fused-ring (bicyclic) bond motifs is 1. The topological polar surface area (TPSA) is 68.1 Å². The zero-order valence-electron chi connectivity index (χ0n) is 19.0. The first-order chi connectivity index (χ1) is 16.5. The van der Waals surface area contributed by atoms with Crippen molar-refractivity contribution >= 4 is 39.3 Å². The number of ketones is 1. The molecule has 34 heavy (non-hydrogen) atoms. The molecule has 0 bridgehead atoms. The van der Waals surface area contributed by atoms with Crippen LogP contribution in [0.4, 0.5) is 5.69 Å². The molecule has 6 heteroatoms. The van der Waals surface area contributed by atoms with E-state index in [0.29, 0.717) is 16.5 Å². The maximum Gasteiger partial charge on any atom is 0.332 e. The monoisotopic (exact) mass is 468 g/mol. The lowest BCUT2D eigenvalue weighted by atomic mass is 9.62. The van der Waals surface area contributed by atoms with Gasteiger partial charge in [0.15, 0.2) is 5.78 Å². The first kappa shape index (κ1) is 22.3. The minimum absolute atomic E-state index is 0.0367. The normalized spacial score (nSPS) is 23.9. The molecular weight excluding hydrogens is 444 g/mol. The van der Waals surface area contributed by atoms with Gasteiger partial charge in [-0.3, -0.25) is 4.79 Å². The number of carbonyl (C=O) groups excluding carboxylic acids is 2. The van der Waals surface area contributed by atoms with E-state index in [0.717, 1.165) is 34.4 Å². The van der Waals surface area contributed by atoms with E-state index in [1.807, 2.05) is 85.8 Å². The van der Waals surface area contributed by atoms with Crippen molar-refractivity contribution in [2.75, 3.05) is 0 Å². The Labute approximate surface area is 202 Å². The molecule has 1 fully saturated rings. The van der Waals surface area contributed by atoms with E-state index < -0.39 is 17.3 Å². The van der Waals surface area contributed by atoms with E-state index >= 15 is 0 Å². The van der Waals surface area contributed by atoms with Crippen molar-refractivity contribution in [3.8, 4) is 0 Å². The molecular formula is C28H24N2O3S. The zero-order valence-corrected chi connectivity index (χ0v) is 19.8. The smallest absolute Gasteiger partial charge is 0.318 e. The van der Waals surface area contributed by atoms with Crippen LogP contribution >= 0.6 is 11.8 Å². The van der Waals surface area contributed by atoms with Gasteiger partial charge in [0.1, 0.15) is 5.04 Å². The molecule has 3 aromatic carbocycles. The van der Waals surface area contributed by atoms with Crippen molar-refractivity contribution in [2.45, 2.75) is 32.6 Å². The number of aryl methyl sites for hydroxylation is 2. The molecule has 0 aromatic heterocycles. The van der Waals surface area contributed by atoms with Gasteiger partial charge < -0.3 is 4.84 Å². The summed E-state index contributed by atoms with van der Waals surface area (Å²) in [5.74, 6) is -0.865. The SMILES string of the molecule is CC(=O)O/N=C1\SC(=Nc2ccc(C)cc2)[C@]2(CCc3ccccc3C2=O)[C@H]1c1ccccc1. The highest BCUT2D eigenvalue weighted by Gasteiger charge is 2.59. The van der Waals surface area contributed by atoms with Gasteiger partial charge in [-0.1, -0.05) is 89.2 Å². The van der Waals surface area contributed by atoms with Gasteiger partial charge in [0, 0.05) is 12.5 Å². The van der Waals surface area contributed by atoms with Crippen LogP contribution in [0.25, 0.3) is 0 Å². The van der Waals surface area contributed by atoms with Crippen LogP contribution in [0.5, 0.6) is 0 Å². The number of aliphatic imine (C=N–C) groups is 1. The Morgan fingerprint density at radius 3 is 2.44 bits per heavy atom. The molecule has 1 aliphatic carbocycles. The molecule has 0 N–H and O–H groups in total. The average Bonchev–Trinajstić information content (AvgIpc) is 3.15. The van der Waals surface area contributed by atoms with Crippen LogP contribution in [0.15, 0.2) is 89.0 Å². The van der Waals surface area contributed by atoms with Crippen molar-refractivity contribution < 1.29 is 14.4 Å². The summed E-state index contributed by atoms with van der Waals surface area (Å²) in [6.45, 7) is 3.35. The average molecular weight is 469 g/mol. The molecule has 2 atom stereocenters. The van der Waals surface area contributed by atoms with Crippen LogP contribution in [0.2, 0.25) is 0 Å². The summed E-state index contributed by atoms with van der Waals surface area (Å²) in [6, 6.07) is 25.6. The largest absolute Gasteiger partial charge is 0.332 e. The Kier molecular flexibility index (Phi) is 5.92. The van der Waals surface area contributed by atoms with Gasteiger partial charge in [0.05, 0.1) is 22.1 Å². The molecule has 1 heterocycles. The number of oxime groups is 1. The minimum Gasteiger partial charge on any atom is -0.318 e. The predicted molar refractivity (Wildman–Crippen MR) is 136 cm³/mol. The Morgan fingerprint density at radius 1 is 1.00 bits per heavy atom. The molecule has 5 nitrogen and oxygen atoms in total. The highest BCUT2D eigenvalue weighted by molar-refractivity contribution is 8.27. The van der Waals surface area contributed by atoms with Crippen molar-refractivity contribution in [3.63, 3.8) is 0 Å². The van der Waals surface area contributed by atoms with Crippen molar-refractivity contribution in [2.24, 2.45) is 15.6 Å². The van der Waals surface area contributed by atoms with Gasteiger partial charge in [0.2, 0.25) is 0 Å². The second-order valence-corrected chi connectivity index (χ2v) is 9.68. The lowest BCUT2D eigenvalue weighted by molar-refractivity contribution is -0.140. The predicted octanol–water partition coefficient (Wildman–Crippen LogP) is 6.25. The number of nitrogens with zero attached hydrogens (tertiary/aromatic N) is 2. The van der Waals surface area contributed by atoms with Gasteiger partial charge in [-0.05, 0) is 43.0 Å². The third-order valence-corrected chi connectivity index (χ3v) is 7.61. The van der Waals surface area contributed by atoms with Gasteiger partial charge >= 0.3 is 5.97 Å². The number of carbonyl (C=O) groups is 2. The van der Waals surface area contributed by atoms with Gasteiger partial charge in [0.25, 0.3) is 0 Å². The lowest BCUT2D eigenvalue weighted by Crippen LogP contribution is -2.44. The Balaban J connectivity index is 1.74. The summed E-state index contributed by atoms with van der Waals surface area (Å²) in [5.41, 5.74) is 3.71. The van der Waals surface area contributed by atoms with Crippen LogP contribution in [-0.4, -0.2) is 21.8 Å². The standard InChI is InChI=1S/C28H24N2O3S/c1-18-12-14-22(15-13-18)29-27-28(17-16-20-8-6-7-11-23(20)25(28)32)24(21-9-4-3-5-10-21)26(34-27)30-33-19(2)31/h3-15,24H,16-17H2,1-2H3/b29-27?,30-26-/t24-,28+/m0/s1. The number of rotatable bonds is 3. The summed E-state index contributed by atoms with van der Waals surface area (Å²) in [6.07, 6.45) is 1.35. The third-order valence-electron chi connectivity index (χ3n) is 6.44. The number of thioether (sulfide) groups is 1. The van der Waals surface area contributed by atoms with E-state index in [-0.39, 0.29) is 5.78 Å². The number of benzene rings is 3. The van der Waals surface area contributed by atoms with Crippen molar-refractivity contribution in [1.82, 2.24) is 0 Å². The quantitative estimate of drug-likeness (QED) is 0.337. The maximum atomic E-state index is 14.3. The first-order valence-electron chi connectivity index (χ1n) is 11.3. The fourth-order valence-electron chi connectivity index (χ4n) is 4.82. The number of hydrogen-bond donors (Lipinski definition) is 0. The highest BCUT2D eigenvalue weighted by atomic mass is 32.2. The molecule has 2 aliphatic rings. The molecule has 0 unspecified atom stereocenters. The fourth-order valence-corrected chi connectivity index (χ4v) is 6.19. The lowest BCUT2D eigenvalue weighted by Gasteiger charge is -2.37. The van der Waals surface area contributed by atoms with Crippen molar-refractivity contribution in [3.05, 3.63) is 101 Å². The molecule has 3 aromatic rings. The Bertz CT molecular complexity index is 1310. The van der Waals surface area contributed by atoms with Crippen LogP contribution in [-0.2, 0) is 16.1 Å². The second-order valence-electron chi connectivity index (χ2n) is 8.67. The summed E-state index contributed by atoms with van der Waals surface area (Å²) in [4.78, 5) is 36.0. The fraction of sp³-hybridized carbons (Fsp3) is 0.214. The number of hydrogen-bond acceptors (Lipinski definition) is 6. The van der Waals surface area contributed by atoms with Crippen LogP contribution in [0.3, 0.4) is 0 Å². The molecule has 0 amide bonds. The van der Waals surface area contributed by atoms with E-state index in [9.17, 15) is 9.59 Å². The molecule has 5 rings (SSSR count). The summed E-state index contributed by atoms with van der Waals surface area (Å²) < 4.78 is 0. The first-order valence-corrected chi connectivity index (χ1v) is 12.1. The van der Waals surface area contributed by atoms with Gasteiger partial charge in [-0.15, -0.1) is 0 Å². The molecule has 1 spiro atoms. The zero-order chi connectivity index (χ0) is 23.7. The van der Waals surface area contributed by atoms with E-state index in [4.69, 9.17) is 9.83 Å². The van der Waals surface area contributed by atoms with Gasteiger partial charge in [-0.2, -0.15) is 0 Å². The van der Waals surface area contributed by atoms with Crippen LogP contribution in [0.1, 0.15) is 46.3 Å². The Hall–Kier alpha value is -3.51. The summed E-state index contributed by atoms with van der Waals surface area (Å²) >= 11 is 1.34. The molecule has 1 saturated heterocycles. The third kappa shape index (κ3) is 3.88. The molecule has 170 valence electrons. The van der Waals surface area contributed by atoms with Gasteiger partial charge in [-0.25, -0.2) is 9.79 Å². The maximum absolute atomic E-state index is 14.3. The van der Waals surface area contributed by atoms with E-state index in [1.54, 1.807) is 0 Å². The molecule has 1 aliphatic heterocycles. The molecule has 0 saturated carbocycles. The van der Waals surface area contributed by atoms with Crippen molar-refractivity contribution in [1.29, 1.82) is 0 Å². The second kappa shape index (κ2) is 9.03. The Morgan fingerprint density at radius 2 is 1.71 bits per heavy atom. The molecule has 0 radical (unpaired) electrons. The number of Topliss-reactive ketones (excluding diaryl/α,β-unsaturated/α-hetero) is 1.